The summed E-state index contributed by atoms with van der Waals surface area (Å²) in [7, 11) is 4.52. The summed E-state index contributed by atoms with van der Waals surface area (Å²) < 4.78 is 5.79. The van der Waals surface area contributed by atoms with Gasteiger partial charge >= 0.3 is 149 Å². The van der Waals surface area contributed by atoms with E-state index in [0.717, 1.165) is 13.1 Å². The molecule has 0 fully saturated rings. The van der Waals surface area contributed by atoms with Crippen LogP contribution in [0.15, 0.2) is 9.98 Å². The Morgan fingerprint density at radius 1 is 0.905 bits per heavy atom. The second-order valence-electron chi connectivity index (χ2n) is 5.31. The van der Waals surface area contributed by atoms with Crippen LogP contribution in [0.5, 0.6) is 0 Å². The van der Waals surface area contributed by atoms with Crippen molar-refractivity contribution in [2.24, 2.45) is 9.98 Å². The fourth-order valence-electron chi connectivity index (χ4n) is 2.31. The molecule has 0 saturated heterocycles. The summed E-state index contributed by atoms with van der Waals surface area (Å²) in [5, 5.41) is 0. The van der Waals surface area contributed by atoms with Gasteiger partial charge in [-0.25, -0.2) is 0 Å². The Morgan fingerprint density at radius 2 is 1.38 bits per heavy atom. The Bertz CT molecular complexity index is 351. The zero-order chi connectivity index (χ0) is 15.0. The topological polar surface area (TPSA) is 24.7 Å². The van der Waals surface area contributed by atoms with E-state index in [1.54, 1.807) is 0 Å². The molecule has 0 N–H and O–H groups in total. The number of rotatable bonds is 8. The molecule has 7 heteroatoms. The summed E-state index contributed by atoms with van der Waals surface area (Å²) in [5.41, 5.74) is 0. The van der Waals surface area contributed by atoms with E-state index in [9.17, 15) is 0 Å². The van der Waals surface area contributed by atoms with E-state index in [4.69, 9.17) is 9.98 Å². The van der Waals surface area contributed by atoms with Crippen molar-refractivity contribution in [1.82, 2.24) is 0 Å². The van der Waals surface area contributed by atoms with Gasteiger partial charge < -0.3 is 0 Å². The van der Waals surface area contributed by atoms with Crippen molar-refractivity contribution in [3.8, 4) is 0 Å². The van der Waals surface area contributed by atoms with E-state index in [-0.39, 0.29) is 0 Å². The quantitative estimate of drug-likeness (QED) is 0.426. The van der Waals surface area contributed by atoms with Crippen LogP contribution in [-0.4, -0.2) is 49.0 Å². The molecule has 0 saturated carbocycles. The number of hydrogen-bond acceptors (Lipinski definition) is 6. The van der Waals surface area contributed by atoms with Crippen LogP contribution >= 0.6 is 41.4 Å². The van der Waals surface area contributed by atoms with Gasteiger partial charge in [0, 0.05) is 0 Å². The monoisotopic (exact) mass is 470 g/mol. The zero-order valence-electron chi connectivity index (χ0n) is 13.1. The van der Waals surface area contributed by atoms with E-state index < -0.39 is 15.6 Å². The number of nitrogens with zero attached hydrogens (tertiary/aromatic N) is 2. The van der Waals surface area contributed by atoms with Gasteiger partial charge in [-0.2, -0.15) is 0 Å². The van der Waals surface area contributed by atoms with Gasteiger partial charge in [-0.3, -0.25) is 0 Å². The van der Waals surface area contributed by atoms with Crippen LogP contribution in [0, 0.1) is 0 Å². The van der Waals surface area contributed by atoms with Gasteiger partial charge in [0.15, 0.2) is 0 Å². The van der Waals surface area contributed by atoms with Crippen LogP contribution in [0.25, 0.3) is 0 Å². The molecule has 0 atom stereocenters. The van der Waals surface area contributed by atoms with Crippen molar-refractivity contribution in [3.63, 3.8) is 0 Å². The van der Waals surface area contributed by atoms with Gasteiger partial charge in [-0.1, -0.05) is 0 Å². The van der Waals surface area contributed by atoms with Crippen molar-refractivity contribution < 1.29 is 0 Å². The molecule has 2 heterocycles. The van der Waals surface area contributed by atoms with E-state index in [1.165, 1.54) is 54.8 Å². The Hall–Kier alpha value is 1.54. The molecule has 0 amide bonds. The molecule has 2 nitrogen and oxygen atoms in total. The molecule has 2 aliphatic rings. The Balaban J connectivity index is 2.08. The van der Waals surface area contributed by atoms with Gasteiger partial charge in [0.1, 0.15) is 0 Å². The van der Waals surface area contributed by atoms with Crippen LogP contribution in [0.3, 0.4) is 0 Å². The normalized spacial score (nSPS) is 19.0. The first-order valence-corrected chi connectivity index (χ1v) is 22.6. The predicted molar refractivity (Wildman–Crippen MR) is 110 cm³/mol. The summed E-state index contributed by atoms with van der Waals surface area (Å²) in [4.78, 5) is 9.49. The molecule has 2 aliphatic heterocycles. The average molecular weight is 469 g/mol. The van der Waals surface area contributed by atoms with E-state index in [2.05, 4.69) is 31.7 Å². The van der Waals surface area contributed by atoms with Gasteiger partial charge in [0.25, 0.3) is 0 Å². The minimum absolute atomic E-state index is 1.04. The molecule has 0 unspecified atom stereocenters. The number of thioether (sulfide) groups is 2. The molecule has 0 aromatic heterocycles. The second kappa shape index (κ2) is 10.4. The van der Waals surface area contributed by atoms with Gasteiger partial charge in [-0.05, 0) is 0 Å². The molecule has 120 valence electrons. The number of hydrogen-bond donors (Lipinski definition) is 0. The minimum atomic E-state index is -2.31. The standard InChI is InChI=1S/2C4H9.2C3H5NS2.Sn/c2*1-3-4-2;2*5-3-4-1-2-6-3;/h2*1,3-4H2,2H3;2*1-2H2,(H,4,5);/q;;;;+2/p-2. The summed E-state index contributed by atoms with van der Waals surface area (Å²) in [6.07, 6.45) is 5.45. The van der Waals surface area contributed by atoms with E-state index >= 15 is 0 Å². The van der Waals surface area contributed by atoms with Crippen LogP contribution < -0.4 is 0 Å². The molecule has 0 radical (unpaired) electrons. The predicted octanol–water partition coefficient (Wildman–Crippen LogP) is 5.70. The van der Waals surface area contributed by atoms with Crippen molar-refractivity contribution in [2.75, 3.05) is 24.6 Å². The molecule has 0 aromatic rings. The van der Waals surface area contributed by atoms with Crippen LogP contribution in [0.1, 0.15) is 39.5 Å². The van der Waals surface area contributed by atoms with Crippen LogP contribution in [-0.2, 0) is 0 Å². The fraction of sp³-hybridized carbons (Fsp3) is 0.857. The molecule has 0 aliphatic carbocycles. The molecule has 2 rings (SSSR count). The van der Waals surface area contributed by atoms with Crippen molar-refractivity contribution >= 4 is 65.8 Å². The van der Waals surface area contributed by atoms with Crippen LogP contribution in [0.4, 0.5) is 0 Å². The average Bonchev–Trinajstić information content (AvgIpc) is 3.16. The first-order chi connectivity index (χ1) is 10.3. The van der Waals surface area contributed by atoms with Gasteiger partial charge in [0.05, 0.1) is 0 Å². The SMILES string of the molecule is CCC[CH2][Sn]([CH2]CCC)([S]C1=NCCS1)[S]C1=NCCS1. The van der Waals surface area contributed by atoms with E-state index in [0.29, 0.717) is 0 Å². The zero-order valence-corrected chi connectivity index (χ0v) is 19.2. The first-order valence-electron chi connectivity index (χ1n) is 8.00. The van der Waals surface area contributed by atoms with Crippen molar-refractivity contribution in [2.45, 2.75) is 48.4 Å². The number of unbranched alkanes of at least 4 members (excludes halogenated alkanes) is 2. The second-order valence-corrected chi connectivity index (χ2v) is 32.9. The Labute approximate surface area is 147 Å². The third kappa shape index (κ3) is 6.51. The summed E-state index contributed by atoms with van der Waals surface area (Å²) in [6, 6.07) is 0. The van der Waals surface area contributed by atoms with Crippen molar-refractivity contribution in [3.05, 3.63) is 0 Å². The fourth-order valence-corrected chi connectivity index (χ4v) is 41.4. The molecule has 21 heavy (non-hydrogen) atoms. The van der Waals surface area contributed by atoms with E-state index in [1.807, 2.05) is 23.5 Å². The maximum atomic E-state index is 4.75. The molecule has 0 aromatic carbocycles. The third-order valence-corrected chi connectivity index (χ3v) is 35.0. The van der Waals surface area contributed by atoms with Crippen LogP contribution in [0.2, 0.25) is 8.87 Å². The Morgan fingerprint density at radius 3 is 1.71 bits per heavy atom. The maximum absolute atomic E-state index is 4.75. The van der Waals surface area contributed by atoms with Gasteiger partial charge in [0.2, 0.25) is 0 Å². The summed E-state index contributed by atoms with van der Waals surface area (Å²) in [5.74, 6) is 2.40. The molecular formula is C14H26N2S4Sn. The first kappa shape index (κ1) is 18.9. The van der Waals surface area contributed by atoms with Crippen molar-refractivity contribution in [1.29, 1.82) is 0 Å². The molecule has 0 bridgehead atoms. The summed E-state index contributed by atoms with van der Waals surface area (Å²) in [6.45, 7) is 6.73. The molecule has 0 spiro atoms. The third-order valence-electron chi connectivity index (χ3n) is 3.48. The summed E-state index contributed by atoms with van der Waals surface area (Å²) >= 11 is 1.69. The van der Waals surface area contributed by atoms with Gasteiger partial charge in [-0.15, -0.1) is 0 Å². The Kier molecular flexibility index (Phi) is 9.36. The number of aliphatic imine (C=N–C) groups is 2. The molecular weight excluding hydrogens is 443 g/mol.